The Morgan fingerprint density at radius 1 is 1.56 bits per heavy atom. The summed E-state index contributed by atoms with van der Waals surface area (Å²) in [5.74, 6) is -0.472. The molecule has 5 heteroatoms. The predicted octanol–water partition coefficient (Wildman–Crippen LogP) is 0.794. The molecular formula is C11H17FN2O2. The minimum atomic E-state index is -1.22. The van der Waals surface area contributed by atoms with E-state index in [1.54, 1.807) is 0 Å². The lowest BCUT2D eigenvalue weighted by molar-refractivity contribution is -0.0434. The fourth-order valence-corrected chi connectivity index (χ4v) is 1.60. The average Bonchev–Trinajstić information content (AvgIpc) is 2.27. The van der Waals surface area contributed by atoms with Gasteiger partial charge in [-0.15, -0.1) is 0 Å². The molecule has 4 nitrogen and oxygen atoms in total. The van der Waals surface area contributed by atoms with E-state index in [2.05, 4.69) is 4.98 Å². The highest BCUT2D eigenvalue weighted by Crippen LogP contribution is 2.26. The summed E-state index contributed by atoms with van der Waals surface area (Å²) in [6, 6.07) is 1.27. The number of halogens is 1. The van der Waals surface area contributed by atoms with Crippen molar-refractivity contribution in [3.05, 3.63) is 29.8 Å². The maximum absolute atomic E-state index is 13.0. The molecule has 0 fully saturated rings. The summed E-state index contributed by atoms with van der Waals surface area (Å²) in [4.78, 5) is 3.72. The first-order valence-corrected chi connectivity index (χ1v) is 5.15. The molecule has 1 unspecified atom stereocenters. The highest BCUT2D eigenvalue weighted by molar-refractivity contribution is 5.19. The van der Waals surface area contributed by atoms with Gasteiger partial charge in [-0.1, -0.05) is 0 Å². The second-order valence-electron chi connectivity index (χ2n) is 3.75. The molecule has 1 aromatic rings. The van der Waals surface area contributed by atoms with Gasteiger partial charge < -0.3 is 15.6 Å². The Labute approximate surface area is 94.3 Å². The summed E-state index contributed by atoms with van der Waals surface area (Å²) in [5.41, 5.74) is 4.60. The summed E-state index contributed by atoms with van der Waals surface area (Å²) in [6.07, 6.45) is 3.59. The van der Waals surface area contributed by atoms with Crippen LogP contribution in [0.3, 0.4) is 0 Å². The molecule has 0 aromatic carbocycles. The molecule has 16 heavy (non-hydrogen) atoms. The standard InChI is InChI=1S/C11H17FN2O2/c1-16-8-11(15,3-2-4-13)9-5-10(12)7-14-6-9/h5-7,15H,2-4,8,13H2,1H3. The normalized spacial score (nSPS) is 14.8. The lowest BCUT2D eigenvalue weighted by atomic mass is 9.91. The third kappa shape index (κ3) is 3.23. The van der Waals surface area contributed by atoms with E-state index in [0.717, 1.165) is 6.20 Å². The van der Waals surface area contributed by atoms with Crippen molar-refractivity contribution in [2.24, 2.45) is 5.73 Å². The number of nitrogens with two attached hydrogens (primary N) is 1. The molecule has 0 radical (unpaired) electrons. The highest BCUT2D eigenvalue weighted by atomic mass is 19.1. The number of pyridine rings is 1. The molecule has 0 saturated carbocycles. The van der Waals surface area contributed by atoms with Gasteiger partial charge in [0.1, 0.15) is 11.4 Å². The quantitative estimate of drug-likeness (QED) is 0.755. The lowest BCUT2D eigenvalue weighted by Gasteiger charge is -2.27. The highest BCUT2D eigenvalue weighted by Gasteiger charge is 2.29. The minimum Gasteiger partial charge on any atom is -0.383 e. The molecule has 0 bridgehead atoms. The van der Waals surface area contributed by atoms with Crippen molar-refractivity contribution in [2.45, 2.75) is 18.4 Å². The zero-order valence-electron chi connectivity index (χ0n) is 9.32. The van der Waals surface area contributed by atoms with Crippen LogP contribution in [0.25, 0.3) is 0 Å². The third-order valence-electron chi connectivity index (χ3n) is 2.42. The SMILES string of the molecule is COCC(O)(CCCN)c1cncc(F)c1. The molecule has 1 atom stereocenters. The number of methoxy groups -OCH3 is 1. The molecule has 1 heterocycles. The van der Waals surface area contributed by atoms with Crippen LogP contribution in [0.5, 0.6) is 0 Å². The van der Waals surface area contributed by atoms with E-state index in [0.29, 0.717) is 24.9 Å². The average molecular weight is 228 g/mol. The van der Waals surface area contributed by atoms with Crippen molar-refractivity contribution in [1.82, 2.24) is 4.98 Å². The van der Waals surface area contributed by atoms with Gasteiger partial charge >= 0.3 is 0 Å². The van der Waals surface area contributed by atoms with Crippen LogP contribution in [-0.4, -0.2) is 30.4 Å². The van der Waals surface area contributed by atoms with Crippen molar-refractivity contribution < 1.29 is 14.2 Å². The van der Waals surface area contributed by atoms with E-state index in [1.807, 2.05) is 0 Å². The van der Waals surface area contributed by atoms with Gasteiger partial charge in [0.25, 0.3) is 0 Å². The first-order valence-electron chi connectivity index (χ1n) is 5.15. The van der Waals surface area contributed by atoms with Crippen LogP contribution in [0.1, 0.15) is 18.4 Å². The molecule has 0 aliphatic heterocycles. The molecule has 0 aliphatic rings. The van der Waals surface area contributed by atoms with Gasteiger partial charge in [0, 0.05) is 18.9 Å². The maximum atomic E-state index is 13.0. The number of nitrogens with zero attached hydrogens (tertiary/aromatic N) is 1. The Morgan fingerprint density at radius 3 is 2.88 bits per heavy atom. The van der Waals surface area contributed by atoms with Gasteiger partial charge in [0.05, 0.1) is 12.8 Å². The van der Waals surface area contributed by atoms with Crippen molar-refractivity contribution in [3.8, 4) is 0 Å². The molecule has 0 saturated heterocycles. The van der Waals surface area contributed by atoms with Crippen LogP contribution in [0.2, 0.25) is 0 Å². The molecule has 90 valence electrons. The van der Waals surface area contributed by atoms with E-state index in [4.69, 9.17) is 10.5 Å². The molecular weight excluding hydrogens is 211 g/mol. The van der Waals surface area contributed by atoms with Crippen molar-refractivity contribution in [1.29, 1.82) is 0 Å². The number of hydrogen-bond donors (Lipinski definition) is 2. The number of aliphatic hydroxyl groups is 1. The maximum Gasteiger partial charge on any atom is 0.141 e. The topological polar surface area (TPSA) is 68.4 Å². The number of hydrogen-bond acceptors (Lipinski definition) is 4. The lowest BCUT2D eigenvalue weighted by Crippen LogP contribution is -2.32. The summed E-state index contributed by atoms with van der Waals surface area (Å²) in [7, 11) is 1.49. The molecule has 0 aliphatic carbocycles. The van der Waals surface area contributed by atoms with Crippen LogP contribution in [0, 0.1) is 5.82 Å². The van der Waals surface area contributed by atoms with Gasteiger partial charge in [0.15, 0.2) is 0 Å². The van der Waals surface area contributed by atoms with Crippen molar-refractivity contribution in [3.63, 3.8) is 0 Å². The first kappa shape index (κ1) is 13.0. The molecule has 0 spiro atoms. The summed E-state index contributed by atoms with van der Waals surface area (Å²) >= 11 is 0. The summed E-state index contributed by atoms with van der Waals surface area (Å²) in [6.45, 7) is 0.562. The molecule has 1 aromatic heterocycles. The minimum absolute atomic E-state index is 0.0954. The van der Waals surface area contributed by atoms with Gasteiger partial charge in [0.2, 0.25) is 0 Å². The Kier molecular flexibility index (Phi) is 4.79. The first-order chi connectivity index (χ1) is 7.62. The fraction of sp³-hybridized carbons (Fsp3) is 0.545. The monoisotopic (exact) mass is 228 g/mol. The second-order valence-corrected chi connectivity index (χ2v) is 3.75. The summed E-state index contributed by atoms with van der Waals surface area (Å²) < 4.78 is 18.0. The van der Waals surface area contributed by atoms with Gasteiger partial charge in [-0.2, -0.15) is 0 Å². The molecule has 3 N–H and O–H groups in total. The van der Waals surface area contributed by atoms with Crippen molar-refractivity contribution in [2.75, 3.05) is 20.3 Å². The predicted molar refractivity (Wildman–Crippen MR) is 58.3 cm³/mol. The van der Waals surface area contributed by atoms with Gasteiger partial charge in [-0.05, 0) is 25.5 Å². The number of rotatable bonds is 6. The zero-order chi connectivity index (χ0) is 12.0. The number of ether oxygens (including phenoxy) is 1. The van der Waals surface area contributed by atoms with Crippen molar-refractivity contribution >= 4 is 0 Å². The van der Waals surface area contributed by atoms with Crippen LogP contribution < -0.4 is 5.73 Å². The van der Waals surface area contributed by atoms with E-state index < -0.39 is 11.4 Å². The largest absolute Gasteiger partial charge is 0.383 e. The van der Waals surface area contributed by atoms with E-state index in [-0.39, 0.29) is 6.61 Å². The summed E-state index contributed by atoms with van der Waals surface area (Å²) in [5, 5.41) is 10.4. The van der Waals surface area contributed by atoms with Crippen LogP contribution in [-0.2, 0) is 10.3 Å². The third-order valence-corrected chi connectivity index (χ3v) is 2.42. The van der Waals surface area contributed by atoms with E-state index >= 15 is 0 Å². The van der Waals surface area contributed by atoms with E-state index in [1.165, 1.54) is 19.4 Å². The van der Waals surface area contributed by atoms with Crippen LogP contribution in [0.15, 0.2) is 18.5 Å². The fourth-order valence-electron chi connectivity index (χ4n) is 1.60. The van der Waals surface area contributed by atoms with Crippen LogP contribution in [0.4, 0.5) is 4.39 Å². The molecule has 1 rings (SSSR count). The Morgan fingerprint density at radius 2 is 2.31 bits per heavy atom. The zero-order valence-corrected chi connectivity index (χ0v) is 9.32. The number of aromatic nitrogens is 1. The van der Waals surface area contributed by atoms with Crippen LogP contribution >= 0.6 is 0 Å². The smallest absolute Gasteiger partial charge is 0.141 e. The molecule has 0 amide bonds. The Balaban J connectivity index is 2.91. The van der Waals surface area contributed by atoms with Gasteiger partial charge in [-0.25, -0.2) is 4.39 Å². The second kappa shape index (κ2) is 5.89. The van der Waals surface area contributed by atoms with E-state index in [9.17, 15) is 9.50 Å². The Bertz CT molecular complexity index is 336. The Hall–Kier alpha value is -1.04. The van der Waals surface area contributed by atoms with Gasteiger partial charge in [-0.3, -0.25) is 4.98 Å².